The summed E-state index contributed by atoms with van der Waals surface area (Å²) in [6.45, 7) is 6.78. The summed E-state index contributed by atoms with van der Waals surface area (Å²) >= 11 is 0. The van der Waals surface area contributed by atoms with Gasteiger partial charge >= 0.3 is 5.97 Å². The third-order valence-corrected chi connectivity index (χ3v) is 9.21. The van der Waals surface area contributed by atoms with Crippen LogP contribution in [-0.2, 0) is 4.79 Å². The lowest BCUT2D eigenvalue weighted by atomic mass is 9.82. The summed E-state index contributed by atoms with van der Waals surface area (Å²) in [6, 6.07) is 0. The minimum atomic E-state index is -0.540. The molecule has 0 rings (SSSR count). The third-order valence-electron chi connectivity index (χ3n) is 9.21. The van der Waals surface area contributed by atoms with Gasteiger partial charge in [-0.3, -0.25) is 4.79 Å². The van der Waals surface area contributed by atoms with Gasteiger partial charge in [0, 0.05) is 0 Å². The molecule has 0 aliphatic rings. The highest BCUT2D eigenvalue weighted by Crippen LogP contribution is 2.28. The summed E-state index contributed by atoms with van der Waals surface area (Å²) < 4.78 is 0. The zero-order valence-electron chi connectivity index (χ0n) is 27.4. The van der Waals surface area contributed by atoms with E-state index in [0.29, 0.717) is 5.92 Å². The monoisotopic (exact) mass is 551 g/mol. The van der Waals surface area contributed by atoms with Gasteiger partial charge in [-0.05, 0) is 18.8 Å². The van der Waals surface area contributed by atoms with Crippen molar-refractivity contribution < 1.29 is 9.90 Å². The second kappa shape index (κ2) is 32.0. The minimum absolute atomic E-state index is 0.116. The molecule has 234 valence electrons. The van der Waals surface area contributed by atoms with Crippen LogP contribution in [0.2, 0.25) is 0 Å². The van der Waals surface area contributed by atoms with Crippen LogP contribution in [0.4, 0.5) is 0 Å². The SMILES string of the molecule is CCCCCCCCCCCCCCCCCCC(C(=O)O)C(CC)CCCCCCCCCCCCCC. The molecule has 0 aromatic rings. The Morgan fingerprint density at radius 1 is 0.410 bits per heavy atom. The lowest BCUT2D eigenvalue weighted by Gasteiger charge is -2.23. The van der Waals surface area contributed by atoms with Crippen LogP contribution in [0.25, 0.3) is 0 Å². The Morgan fingerprint density at radius 3 is 0.923 bits per heavy atom. The Morgan fingerprint density at radius 2 is 0.667 bits per heavy atom. The largest absolute Gasteiger partial charge is 0.481 e. The predicted molar refractivity (Wildman–Crippen MR) is 175 cm³/mol. The van der Waals surface area contributed by atoms with Gasteiger partial charge in [0.2, 0.25) is 0 Å². The van der Waals surface area contributed by atoms with E-state index in [1.165, 1.54) is 173 Å². The summed E-state index contributed by atoms with van der Waals surface area (Å²) in [5.74, 6) is -0.280. The van der Waals surface area contributed by atoms with Gasteiger partial charge in [-0.15, -0.1) is 0 Å². The van der Waals surface area contributed by atoms with Crippen molar-refractivity contribution in [2.75, 3.05) is 0 Å². The maximum Gasteiger partial charge on any atom is 0.306 e. The molecule has 0 radical (unpaired) electrons. The van der Waals surface area contributed by atoms with Gasteiger partial charge in [-0.1, -0.05) is 207 Å². The molecule has 0 spiro atoms. The molecule has 39 heavy (non-hydrogen) atoms. The molecule has 0 aromatic heterocycles. The van der Waals surface area contributed by atoms with Crippen LogP contribution in [0, 0.1) is 11.8 Å². The van der Waals surface area contributed by atoms with Crippen molar-refractivity contribution in [1.82, 2.24) is 0 Å². The van der Waals surface area contributed by atoms with Crippen LogP contribution in [0.15, 0.2) is 0 Å². The molecule has 0 aromatic carbocycles. The summed E-state index contributed by atoms with van der Waals surface area (Å²) in [7, 11) is 0. The fraction of sp³-hybridized carbons (Fsp3) is 0.973. The molecule has 0 bridgehead atoms. The van der Waals surface area contributed by atoms with Crippen molar-refractivity contribution in [3.63, 3.8) is 0 Å². The predicted octanol–water partition coefficient (Wildman–Crippen LogP) is 13.5. The topological polar surface area (TPSA) is 37.3 Å². The normalized spacial score (nSPS) is 13.1. The summed E-state index contributed by atoms with van der Waals surface area (Å²) in [5, 5.41) is 9.89. The van der Waals surface area contributed by atoms with E-state index >= 15 is 0 Å². The highest BCUT2D eigenvalue weighted by atomic mass is 16.4. The minimum Gasteiger partial charge on any atom is -0.481 e. The van der Waals surface area contributed by atoms with E-state index in [4.69, 9.17) is 0 Å². The molecule has 2 atom stereocenters. The van der Waals surface area contributed by atoms with Gasteiger partial charge in [0.05, 0.1) is 5.92 Å². The Labute approximate surface area is 247 Å². The highest BCUT2D eigenvalue weighted by Gasteiger charge is 2.25. The first-order chi connectivity index (χ1) is 19.2. The van der Waals surface area contributed by atoms with E-state index in [1.54, 1.807) is 0 Å². The van der Waals surface area contributed by atoms with Gasteiger partial charge in [-0.25, -0.2) is 0 Å². The van der Waals surface area contributed by atoms with Crippen molar-refractivity contribution in [2.24, 2.45) is 11.8 Å². The van der Waals surface area contributed by atoms with E-state index in [2.05, 4.69) is 20.8 Å². The van der Waals surface area contributed by atoms with E-state index < -0.39 is 5.97 Å². The Hall–Kier alpha value is -0.530. The van der Waals surface area contributed by atoms with Crippen molar-refractivity contribution in [3.05, 3.63) is 0 Å². The molecule has 0 aliphatic heterocycles. The van der Waals surface area contributed by atoms with Gasteiger partial charge < -0.3 is 5.11 Å². The fourth-order valence-electron chi connectivity index (χ4n) is 6.41. The van der Waals surface area contributed by atoms with E-state index in [0.717, 1.165) is 25.7 Å². The molecule has 0 aliphatic carbocycles. The molecule has 2 heteroatoms. The second-order valence-electron chi connectivity index (χ2n) is 12.9. The van der Waals surface area contributed by atoms with Crippen LogP contribution in [0.1, 0.15) is 220 Å². The van der Waals surface area contributed by atoms with Gasteiger partial charge in [0.1, 0.15) is 0 Å². The van der Waals surface area contributed by atoms with E-state index in [1.807, 2.05) is 0 Å². The summed E-state index contributed by atoms with van der Waals surface area (Å²) in [5.41, 5.74) is 0. The molecule has 2 unspecified atom stereocenters. The summed E-state index contributed by atoms with van der Waals surface area (Å²) in [4.78, 5) is 12.0. The lowest BCUT2D eigenvalue weighted by molar-refractivity contribution is -0.144. The molecule has 1 N–H and O–H groups in total. The van der Waals surface area contributed by atoms with Crippen molar-refractivity contribution in [2.45, 2.75) is 220 Å². The maximum absolute atomic E-state index is 12.0. The zero-order valence-corrected chi connectivity index (χ0v) is 27.4. The quantitative estimate of drug-likeness (QED) is 0.0825. The van der Waals surface area contributed by atoms with E-state index in [9.17, 15) is 9.90 Å². The molecule has 0 fully saturated rings. The Kier molecular flexibility index (Phi) is 31.6. The molecule has 0 amide bonds. The molecular weight excluding hydrogens is 476 g/mol. The summed E-state index contributed by atoms with van der Waals surface area (Å²) in [6.07, 6.45) is 41.4. The number of hydrogen-bond acceptors (Lipinski definition) is 1. The second-order valence-corrected chi connectivity index (χ2v) is 12.9. The fourth-order valence-corrected chi connectivity index (χ4v) is 6.41. The number of unbranched alkanes of at least 4 members (excludes halogenated alkanes) is 26. The molecule has 0 saturated heterocycles. The Balaban J connectivity index is 3.65. The molecule has 2 nitrogen and oxygen atoms in total. The molecular formula is C37H74O2. The van der Waals surface area contributed by atoms with Gasteiger partial charge in [0.15, 0.2) is 0 Å². The number of carboxylic acids is 1. The number of carboxylic acid groups (broad SMARTS) is 1. The number of aliphatic carboxylic acids is 1. The lowest BCUT2D eigenvalue weighted by Crippen LogP contribution is -2.23. The van der Waals surface area contributed by atoms with Crippen LogP contribution in [0.3, 0.4) is 0 Å². The standard InChI is InChI=1S/C37H74O2/c1-4-7-9-11-13-15-17-19-20-21-22-24-26-28-30-32-34-36(37(38)39)35(6-3)33-31-29-27-25-23-18-16-14-12-10-8-5-2/h35-36H,4-34H2,1-3H3,(H,38,39). The molecule has 0 saturated carbocycles. The Bertz CT molecular complexity index is 474. The maximum atomic E-state index is 12.0. The van der Waals surface area contributed by atoms with Crippen molar-refractivity contribution in [3.8, 4) is 0 Å². The zero-order chi connectivity index (χ0) is 28.7. The first-order valence-corrected chi connectivity index (χ1v) is 18.4. The first-order valence-electron chi connectivity index (χ1n) is 18.4. The van der Waals surface area contributed by atoms with E-state index in [-0.39, 0.29) is 5.92 Å². The number of carbonyl (C=O) groups is 1. The van der Waals surface area contributed by atoms with Gasteiger partial charge in [0.25, 0.3) is 0 Å². The van der Waals surface area contributed by atoms with Crippen molar-refractivity contribution >= 4 is 5.97 Å². The van der Waals surface area contributed by atoms with Crippen LogP contribution >= 0.6 is 0 Å². The van der Waals surface area contributed by atoms with Crippen LogP contribution < -0.4 is 0 Å². The van der Waals surface area contributed by atoms with Crippen LogP contribution in [-0.4, -0.2) is 11.1 Å². The smallest absolute Gasteiger partial charge is 0.306 e. The first kappa shape index (κ1) is 38.5. The highest BCUT2D eigenvalue weighted by molar-refractivity contribution is 5.70. The average molecular weight is 551 g/mol. The molecule has 0 heterocycles. The number of rotatable bonds is 33. The van der Waals surface area contributed by atoms with Crippen LogP contribution in [0.5, 0.6) is 0 Å². The van der Waals surface area contributed by atoms with Gasteiger partial charge in [-0.2, -0.15) is 0 Å². The number of hydrogen-bond donors (Lipinski definition) is 1. The van der Waals surface area contributed by atoms with Crippen molar-refractivity contribution in [1.29, 1.82) is 0 Å². The average Bonchev–Trinajstić information content (AvgIpc) is 2.93. The third kappa shape index (κ3) is 27.4.